The highest BCUT2D eigenvalue weighted by Gasteiger charge is 2.22. The van der Waals surface area contributed by atoms with Crippen LogP contribution < -0.4 is 10.3 Å². The van der Waals surface area contributed by atoms with Gasteiger partial charge in [-0.3, -0.25) is 4.79 Å². The number of fused-ring (bicyclic) bond motifs is 3. The Bertz CT molecular complexity index is 967. The van der Waals surface area contributed by atoms with Gasteiger partial charge in [-0.05, 0) is 57.7 Å². The van der Waals surface area contributed by atoms with Crippen molar-refractivity contribution in [1.29, 1.82) is 0 Å². The molecular weight excluding hydrogens is 318 g/mol. The third kappa shape index (κ3) is 2.80. The highest BCUT2D eigenvalue weighted by atomic mass is 16.5. The van der Waals surface area contributed by atoms with Crippen LogP contribution in [0.25, 0.3) is 21.8 Å². The van der Waals surface area contributed by atoms with Gasteiger partial charge in [-0.2, -0.15) is 5.10 Å². The third-order valence-electron chi connectivity index (χ3n) is 4.71. The first kappa shape index (κ1) is 16.1. The molecule has 1 saturated heterocycles. The minimum atomic E-state index is -0.117. The minimum Gasteiger partial charge on any atom is -0.494 e. The van der Waals surface area contributed by atoms with Crippen LogP contribution in [0, 0.1) is 13.8 Å². The van der Waals surface area contributed by atoms with Crippen molar-refractivity contribution in [3.8, 4) is 5.75 Å². The van der Waals surface area contributed by atoms with E-state index in [0.29, 0.717) is 23.9 Å². The topological polar surface area (TPSA) is 69.1 Å². The van der Waals surface area contributed by atoms with E-state index in [-0.39, 0.29) is 11.8 Å². The number of nitrogens with one attached hydrogen (secondary N) is 1. The predicted octanol–water partition coefficient (Wildman–Crippen LogP) is 3.49. The summed E-state index contributed by atoms with van der Waals surface area (Å²) < 4.78 is 13.4. The molecule has 1 aliphatic heterocycles. The lowest BCUT2D eigenvalue weighted by Crippen LogP contribution is -2.20. The molecule has 3 heterocycles. The first-order valence-electron chi connectivity index (χ1n) is 8.77. The Hall–Kier alpha value is -2.34. The number of ether oxygens (including phenoxy) is 2. The number of hydrogen-bond acceptors (Lipinski definition) is 4. The number of nitrogens with zero attached hydrogens (tertiary/aromatic N) is 2. The van der Waals surface area contributed by atoms with Gasteiger partial charge in [0, 0.05) is 12.0 Å². The molecule has 1 N–H and O–H groups in total. The highest BCUT2D eigenvalue weighted by Crippen LogP contribution is 2.30. The summed E-state index contributed by atoms with van der Waals surface area (Å²) in [5.74, 6) is 0.755. The Morgan fingerprint density at radius 2 is 2.32 bits per heavy atom. The number of aromatic nitrogens is 3. The van der Waals surface area contributed by atoms with Gasteiger partial charge < -0.3 is 14.5 Å². The molecule has 0 saturated carbocycles. The molecule has 131 valence electrons. The van der Waals surface area contributed by atoms with Gasteiger partial charge in [0.1, 0.15) is 17.5 Å². The fourth-order valence-corrected chi connectivity index (χ4v) is 3.47. The zero-order valence-corrected chi connectivity index (χ0v) is 14.4. The lowest BCUT2D eigenvalue weighted by molar-refractivity contribution is -0.0402. The Morgan fingerprint density at radius 3 is 3.08 bits per heavy atom. The SMILES string of the molecule is [CH2]CCOc1ccc2[nH]c(=O)c3c(C)n(C4CCCCO4)nc3c2c1. The second-order valence-electron chi connectivity index (χ2n) is 6.44. The van der Waals surface area contributed by atoms with Gasteiger partial charge in [-0.1, -0.05) is 0 Å². The minimum absolute atomic E-state index is 0.0961. The summed E-state index contributed by atoms with van der Waals surface area (Å²) in [6.45, 7) is 7.01. The number of pyridine rings is 1. The number of aromatic amines is 1. The largest absolute Gasteiger partial charge is 0.494 e. The molecule has 6 nitrogen and oxygen atoms in total. The van der Waals surface area contributed by atoms with E-state index in [1.807, 2.05) is 29.8 Å². The zero-order chi connectivity index (χ0) is 17.4. The number of rotatable bonds is 4. The van der Waals surface area contributed by atoms with Gasteiger partial charge in [0.05, 0.1) is 23.2 Å². The van der Waals surface area contributed by atoms with Crippen LogP contribution in [0.1, 0.15) is 37.6 Å². The number of H-pyrrole nitrogens is 1. The standard InChI is InChI=1S/C19H22N3O3/c1-3-9-24-13-7-8-15-14(11-13)18-17(19(23)20-15)12(2)22(21-18)16-6-4-5-10-25-16/h7-8,11,16H,1,3-6,9-10H2,2H3,(H,20,23). The molecule has 0 spiro atoms. The van der Waals surface area contributed by atoms with Crippen LogP contribution in [0.3, 0.4) is 0 Å². The number of benzene rings is 1. The molecule has 1 fully saturated rings. The van der Waals surface area contributed by atoms with E-state index in [0.717, 1.165) is 48.2 Å². The molecular formula is C19H22N3O3. The van der Waals surface area contributed by atoms with E-state index in [4.69, 9.17) is 14.6 Å². The lowest BCUT2D eigenvalue weighted by atomic mass is 10.1. The van der Waals surface area contributed by atoms with Gasteiger partial charge in [-0.25, -0.2) is 4.68 Å². The summed E-state index contributed by atoms with van der Waals surface area (Å²) in [6, 6.07) is 5.65. The van der Waals surface area contributed by atoms with Crippen molar-refractivity contribution in [2.24, 2.45) is 0 Å². The van der Waals surface area contributed by atoms with Crippen LogP contribution in [0.4, 0.5) is 0 Å². The van der Waals surface area contributed by atoms with Crippen molar-refractivity contribution >= 4 is 21.8 Å². The number of hydrogen-bond donors (Lipinski definition) is 1. The molecule has 6 heteroatoms. The van der Waals surface area contributed by atoms with E-state index < -0.39 is 0 Å². The molecule has 1 aromatic carbocycles. The normalized spacial score (nSPS) is 18.1. The van der Waals surface area contributed by atoms with E-state index in [9.17, 15) is 4.79 Å². The van der Waals surface area contributed by atoms with Crippen LogP contribution in [-0.2, 0) is 4.74 Å². The summed E-state index contributed by atoms with van der Waals surface area (Å²) in [4.78, 5) is 15.5. The van der Waals surface area contributed by atoms with E-state index in [1.165, 1.54) is 0 Å². The quantitative estimate of drug-likeness (QED) is 0.789. The first-order chi connectivity index (χ1) is 12.2. The van der Waals surface area contributed by atoms with Crippen molar-refractivity contribution in [2.45, 2.75) is 38.8 Å². The Morgan fingerprint density at radius 1 is 1.44 bits per heavy atom. The summed E-state index contributed by atoms with van der Waals surface area (Å²) >= 11 is 0. The first-order valence-corrected chi connectivity index (χ1v) is 8.77. The molecule has 1 unspecified atom stereocenters. The van der Waals surface area contributed by atoms with Gasteiger partial charge >= 0.3 is 0 Å². The average molecular weight is 340 g/mol. The maximum Gasteiger partial charge on any atom is 0.259 e. The fraction of sp³-hybridized carbons (Fsp3) is 0.421. The Kier molecular flexibility index (Phi) is 4.21. The maximum absolute atomic E-state index is 12.6. The monoisotopic (exact) mass is 340 g/mol. The maximum atomic E-state index is 12.6. The number of aryl methyl sites for hydroxylation is 1. The van der Waals surface area contributed by atoms with Crippen molar-refractivity contribution in [2.75, 3.05) is 13.2 Å². The van der Waals surface area contributed by atoms with Crippen LogP contribution >= 0.6 is 0 Å². The van der Waals surface area contributed by atoms with Gasteiger partial charge in [0.2, 0.25) is 0 Å². The smallest absolute Gasteiger partial charge is 0.259 e. The van der Waals surface area contributed by atoms with Crippen molar-refractivity contribution in [3.63, 3.8) is 0 Å². The third-order valence-corrected chi connectivity index (χ3v) is 4.71. The van der Waals surface area contributed by atoms with Gasteiger partial charge in [-0.15, -0.1) is 0 Å². The van der Waals surface area contributed by atoms with Gasteiger partial charge in [0.25, 0.3) is 5.56 Å². The van der Waals surface area contributed by atoms with Crippen molar-refractivity contribution in [3.05, 3.63) is 41.2 Å². The molecule has 0 bridgehead atoms. The lowest BCUT2D eigenvalue weighted by Gasteiger charge is -2.23. The molecule has 1 radical (unpaired) electrons. The summed E-state index contributed by atoms with van der Waals surface area (Å²) in [7, 11) is 0. The highest BCUT2D eigenvalue weighted by molar-refractivity contribution is 6.04. The summed E-state index contributed by atoms with van der Waals surface area (Å²) in [5.41, 5.74) is 2.18. The van der Waals surface area contributed by atoms with Crippen LogP contribution in [0.2, 0.25) is 0 Å². The summed E-state index contributed by atoms with van der Waals surface area (Å²) in [6.07, 6.45) is 3.71. The second-order valence-corrected chi connectivity index (χ2v) is 6.44. The van der Waals surface area contributed by atoms with Crippen LogP contribution in [0.5, 0.6) is 5.75 Å². The van der Waals surface area contributed by atoms with Crippen molar-refractivity contribution < 1.29 is 9.47 Å². The molecule has 3 aromatic rings. The Labute approximate surface area is 145 Å². The predicted molar refractivity (Wildman–Crippen MR) is 96.9 cm³/mol. The molecule has 1 atom stereocenters. The molecule has 25 heavy (non-hydrogen) atoms. The van der Waals surface area contributed by atoms with Crippen molar-refractivity contribution in [1.82, 2.24) is 14.8 Å². The molecule has 1 aliphatic rings. The molecule has 4 rings (SSSR count). The van der Waals surface area contributed by atoms with E-state index in [1.54, 1.807) is 0 Å². The van der Waals surface area contributed by atoms with E-state index >= 15 is 0 Å². The van der Waals surface area contributed by atoms with Crippen LogP contribution in [0.15, 0.2) is 23.0 Å². The fourth-order valence-electron chi connectivity index (χ4n) is 3.47. The van der Waals surface area contributed by atoms with E-state index in [2.05, 4.69) is 11.9 Å². The Balaban J connectivity index is 1.90. The van der Waals surface area contributed by atoms with Crippen LogP contribution in [-0.4, -0.2) is 28.0 Å². The average Bonchev–Trinajstić information content (AvgIpc) is 2.99. The summed E-state index contributed by atoms with van der Waals surface area (Å²) in [5, 5.41) is 6.25. The second kappa shape index (κ2) is 6.52. The van der Waals surface area contributed by atoms with Gasteiger partial charge in [0.15, 0.2) is 0 Å². The zero-order valence-electron chi connectivity index (χ0n) is 14.4. The molecule has 0 aliphatic carbocycles. The molecule has 0 amide bonds. The molecule has 2 aromatic heterocycles.